The normalized spacial score (nSPS) is 12.2. The van der Waals surface area contributed by atoms with Gasteiger partial charge in [0.2, 0.25) is 21.8 Å². The Bertz CT molecular complexity index is 1180. The molecule has 0 saturated heterocycles. The fourth-order valence-corrected chi connectivity index (χ4v) is 5.15. The molecule has 0 aromatic heterocycles. The molecule has 1 atom stereocenters. The van der Waals surface area contributed by atoms with Crippen molar-refractivity contribution in [3.8, 4) is 0 Å². The molecule has 0 saturated carbocycles. The van der Waals surface area contributed by atoms with Gasteiger partial charge in [-0.15, -0.1) is 0 Å². The van der Waals surface area contributed by atoms with Crippen molar-refractivity contribution in [1.82, 2.24) is 10.2 Å². The molecule has 2 rings (SSSR count). The average Bonchev–Trinajstić information content (AvgIpc) is 2.78. The Labute approximate surface area is 226 Å². The number of rotatable bonds is 11. The van der Waals surface area contributed by atoms with Crippen LogP contribution >= 0.6 is 46.4 Å². The Kier molecular flexibility index (Phi) is 11.0. The summed E-state index contributed by atoms with van der Waals surface area (Å²) in [6.45, 7) is 3.49. The first-order valence-electron chi connectivity index (χ1n) is 10.8. The molecule has 35 heavy (non-hydrogen) atoms. The van der Waals surface area contributed by atoms with Crippen LogP contribution in [0, 0.1) is 0 Å². The number of halogens is 4. The van der Waals surface area contributed by atoms with E-state index in [0.717, 1.165) is 10.6 Å². The molecule has 1 unspecified atom stereocenters. The summed E-state index contributed by atoms with van der Waals surface area (Å²) in [5.41, 5.74) is 0.612. The molecular weight excluding hydrogens is 556 g/mol. The van der Waals surface area contributed by atoms with Crippen molar-refractivity contribution in [3.05, 3.63) is 62.1 Å². The third-order valence-electron chi connectivity index (χ3n) is 5.15. The Balaban J connectivity index is 2.50. The molecule has 192 valence electrons. The van der Waals surface area contributed by atoms with Crippen LogP contribution in [0.5, 0.6) is 0 Å². The lowest BCUT2D eigenvalue weighted by molar-refractivity contribution is -0.140. The summed E-state index contributed by atoms with van der Waals surface area (Å²) in [6, 6.07) is 8.27. The Morgan fingerprint density at radius 2 is 1.60 bits per heavy atom. The summed E-state index contributed by atoms with van der Waals surface area (Å²) in [6.07, 6.45) is 1.97. The maximum absolute atomic E-state index is 13.6. The number of carbonyl (C=O) groups is 2. The van der Waals surface area contributed by atoms with E-state index < -0.39 is 28.5 Å². The lowest BCUT2D eigenvalue weighted by Crippen LogP contribution is -2.52. The molecule has 7 nitrogen and oxygen atoms in total. The minimum absolute atomic E-state index is 0.0340. The molecule has 0 radical (unpaired) electrons. The van der Waals surface area contributed by atoms with Gasteiger partial charge >= 0.3 is 0 Å². The number of nitrogens with one attached hydrogen (secondary N) is 1. The van der Waals surface area contributed by atoms with Gasteiger partial charge in [0.15, 0.2) is 0 Å². The van der Waals surface area contributed by atoms with E-state index in [4.69, 9.17) is 46.4 Å². The van der Waals surface area contributed by atoms with Crippen molar-refractivity contribution in [3.63, 3.8) is 0 Å². The van der Waals surface area contributed by atoms with Crippen LogP contribution in [0.4, 0.5) is 5.69 Å². The van der Waals surface area contributed by atoms with E-state index in [9.17, 15) is 18.0 Å². The van der Waals surface area contributed by atoms with Crippen molar-refractivity contribution in [2.24, 2.45) is 0 Å². The number of amides is 2. The van der Waals surface area contributed by atoms with Crippen LogP contribution in [0.15, 0.2) is 36.4 Å². The smallest absolute Gasteiger partial charge is 0.244 e. The van der Waals surface area contributed by atoms with Gasteiger partial charge in [0.25, 0.3) is 0 Å². The first kappa shape index (κ1) is 29.5. The maximum Gasteiger partial charge on any atom is 0.244 e. The summed E-state index contributed by atoms with van der Waals surface area (Å²) in [4.78, 5) is 27.9. The van der Waals surface area contributed by atoms with Crippen LogP contribution in [0.3, 0.4) is 0 Å². The highest BCUT2D eigenvalue weighted by atomic mass is 35.5. The first-order valence-corrected chi connectivity index (χ1v) is 14.2. The highest BCUT2D eigenvalue weighted by Gasteiger charge is 2.32. The van der Waals surface area contributed by atoms with E-state index in [0.29, 0.717) is 35.0 Å². The SMILES string of the molecule is CCCNC(=O)C(CC)N(Cc1ccc(Cl)cc1Cl)C(=O)CN(c1cc(Cl)ccc1Cl)S(C)(=O)=O. The van der Waals surface area contributed by atoms with Crippen molar-refractivity contribution < 1.29 is 18.0 Å². The summed E-state index contributed by atoms with van der Waals surface area (Å²) in [5.74, 6) is -0.963. The second-order valence-corrected chi connectivity index (χ2v) is 11.4. The Morgan fingerprint density at radius 1 is 0.971 bits per heavy atom. The molecule has 0 bridgehead atoms. The topological polar surface area (TPSA) is 86.8 Å². The average molecular weight is 583 g/mol. The van der Waals surface area contributed by atoms with Crippen molar-refractivity contribution in [2.75, 3.05) is 23.7 Å². The zero-order chi connectivity index (χ0) is 26.3. The van der Waals surface area contributed by atoms with Gasteiger partial charge in [0, 0.05) is 28.2 Å². The van der Waals surface area contributed by atoms with Gasteiger partial charge in [-0.25, -0.2) is 8.42 Å². The Morgan fingerprint density at radius 3 is 2.17 bits per heavy atom. The van der Waals surface area contributed by atoms with Crippen LogP contribution < -0.4 is 9.62 Å². The minimum atomic E-state index is -3.94. The van der Waals surface area contributed by atoms with E-state index in [2.05, 4.69) is 5.32 Å². The van der Waals surface area contributed by atoms with Crippen molar-refractivity contribution in [2.45, 2.75) is 39.3 Å². The Hall–Kier alpha value is -1.71. The quantitative estimate of drug-likeness (QED) is 0.384. The molecule has 2 aromatic carbocycles. The van der Waals surface area contributed by atoms with Crippen LogP contribution in [0.25, 0.3) is 0 Å². The van der Waals surface area contributed by atoms with Crippen molar-refractivity contribution in [1.29, 1.82) is 0 Å². The van der Waals surface area contributed by atoms with Gasteiger partial charge in [-0.1, -0.05) is 66.3 Å². The molecular formula is C23H27Cl4N3O4S. The van der Waals surface area contributed by atoms with Gasteiger partial charge in [-0.2, -0.15) is 0 Å². The summed E-state index contributed by atoms with van der Waals surface area (Å²) in [7, 11) is -3.94. The number of hydrogen-bond donors (Lipinski definition) is 1. The number of benzene rings is 2. The largest absolute Gasteiger partial charge is 0.354 e. The third-order valence-corrected chi connectivity index (χ3v) is 7.42. The number of carbonyl (C=O) groups excluding carboxylic acids is 2. The second kappa shape index (κ2) is 13.0. The molecule has 0 aliphatic carbocycles. The molecule has 0 heterocycles. The summed E-state index contributed by atoms with van der Waals surface area (Å²) < 4.78 is 26.2. The third kappa shape index (κ3) is 8.15. The molecule has 2 amide bonds. The van der Waals surface area contributed by atoms with Crippen molar-refractivity contribution >= 4 is 73.9 Å². The van der Waals surface area contributed by atoms with Crippen LogP contribution in [-0.2, 0) is 26.2 Å². The second-order valence-electron chi connectivity index (χ2n) is 7.84. The number of anilines is 1. The maximum atomic E-state index is 13.6. The predicted octanol–water partition coefficient (Wildman–Crippen LogP) is 5.40. The van der Waals surface area contributed by atoms with E-state index in [1.807, 2.05) is 6.92 Å². The molecule has 12 heteroatoms. The summed E-state index contributed by atoms with van der Waals surface area (Å²) >= 11 is 24.6. The zero-order valence-corrected chi connectivity index (χ0v) is 23.4. The lowest BCUT2D eigenvalue weighted by Gasteiger charge is -2.33. The summed E-state index contributed by atoms with van der Waals surface area (Å²) in [5, 5.41) is 3.89. The zero-order valence-electron chi connectivity index (χ0n) is 19.5. The van der Waals surface area contributed by atoms with Gasteiger partial charge in [-0.05, 0) is 48.7 Å². The van der Waals surface area contributed by atoms with Crippen LogP contribution in [0.1, 0.15) is 32.3 Å². The van der Waals surface area contributed by atoms with E-state index >= 15 is 0 Å². The number of nitrogens with zero attached hydrogens (tertiary/aromatic N) is 2. The monoisotopic (exact) mass is 581 g/mol. The van der Waals surface area contributed by atoms with E-state index in [1.165, 1.54) is 29.2 Å². The minimum Gasteiger partial charge on any atom is -0.354 e. The highest BCUT2D eigenvalue weighted by molar-refractivity contribution is 7.92. The molecule has 0 fully saturated rings. The van der Waals surface area contributed by atoms with Gasteiger partial charge in [-0.3, -0.25) is 13.9 Å². The molecule has 0 aliphatic rings. The fraction of sp³-hybridized carbons (Fsp3) is 0.391. The number of hydrogen-bond acceptors (Lipinski definition) is 4. The van der Waals surface area contributed by atoms with Gasteiger partial charge in [0.05, 0.1) is 17.0 Å². The lowest BCUT2D eigenvalue weighted by atomic mass is 10.1. The predicted molar refractivity (Wildman–Crippen MR) is 143 cm³/mol. The van der Waals surface area contributed by atoms with Crippen LogP contribution in [-0.4, -0.2) is 50.5 Å². The molecule has 0 spiro atoms. The highest BCUT2D eigenvalue weighted by Crippen LogP contribution is 2.31. The van der Waals surface area contributed by atoms with E-state index in [1.54, 1.807) is 19.1 Å². The number of sulfonamides is 1. The molecule has 1 N–H and O–H groups in total. The van der Waals surface area contributed by atoms with E-state index in [-0.39, 0.29) is 28.2 Å². The first-order chi connectivity index (χ1) is 16.4. The molecule has 0 aliphatic heterocycles. The fourth-order valence-electron chi connectivity index (χ4n) is 3.39. The van der Waals surface area contributed by atoms with Gasteiger partial charge < -0.3 is 10.2 Å². The molecule has 2 aromatic rings. The van der Waals surface area contributed by atoms with Crippen LogP contribution in [0.2, 0.25) is 20.1 Å². The standard InChI is InChI=1S/C23H27Cl4N3O4S/c1-4-10-28-23(32)20(5-2)29(13-15-6-7-16(24)11-19(15)27)22(31)14-30(35(3,33)34)21-12-17(25)8-9-18(21)26/h6-9,11-12,20H,4-5,10,13-14H2,1-3H3,(H,28,32). The van der Waals surface area contributed by atoms with Gasteiger partial charge in [0.1, 0.15) is 12.6 Å².